The van der Waals surface area contributed by atoms with Gasteiger partial charge in [-0.05, 0) is 36.6 Å². The van der Waals surface area contributed by atoms with Crippen molar-refractivity contribution in [2.24, 2.45) is 5.92 Å². The third kappa shape index (κ3) is 4.88. The van der Waals surface area contributed by atoms with Gasteiger partial charge in [-0.2, -0.15) is 0 Å². The number of thioether (sulfide) groups is 1. The molecule has 0 amide bonds. The standard InChI is InChI=1S/C14H15BrF2OS/c15-11-1-3-13(4-2-11)19-9-12(18)7-10-5-6-14(16,17)8-10/h1-4,10H,5-9H2. The first-order valence-electron chi connectivity index (χ1n) is 6.22. The van der Waals surface area contributed by atoms with Gasteiger partial charge in [-0.1, -0.05) is 15.9 Å². The first-order valence-corrected chi connectivity index (χ1v) is 8.00. The van der Waals surface area contributed by atoms with Gasteiger partial charge in [0.25, 0.3) is 0 Å². The van der Waals surface area contributed by atoms with E-state index in [9.17, 15) is 13.6 Å². The largest absolute Gasteiger partial charge is 0.299 e. The molecule has 1 nitrogen and oxygen atoms in total. The predicted octanol–water partition coefficient (Wildman–Crippen LogP) is 4.94. The molecule has 1 aliphatic carbocycles. The second-order valence-corrected chi connectivity index (χ2v) is 6.91. The minimum absolute atomic E-state index is 0.0647. The second-order valence-electron chi connectivity index (χ2n) is 4.95. The summed E-state index contributed by atoms with van der Waals surface area (Å²) in [6, 6.07) is 7.71. The maximum atomic E-state index is 13.0. The minimum Gasteiger partial charge on any atom is -0.299 e. The van der Waals surface area contributed by atoms with Crippen molar-refractivity contribution in [2.75, 3.05) is 5.75 Å². The Bertz CT molecular complexity index is 447. The minimum atomic E-state index is -2.55. The van der Waals surface area contributed by atoms with Crippen molar-refractivity contribution in [1.82, 2.24) is 0 Å². The summed E-state index contributed by atoms with van der Waals surface area (Å²) < 4.78 is 27.0. The maximum absolute atomic E-state index is 13.0. The van der Waals surface area contributed by atoms with E-state index in [-0.39, 0.29) is 24.5 Å². The molecule has 1 saturated carbocycles. The summed E-state index contributed by atoms with van der Waals surface area (Å²) in [4.78, 5) is 12.8. The van der Waals surface area contributed by atoms with Crippen molar-refractivity contribution < 1.29 is 13.6 Å². The summed E-state index contributed by atoms with van der Waals surface area (Å²) in [5, 5.41) is 0. The molecule has 0 aliphatic heterocycles. The Morgan fingerprint density at radius 1 is 1.37 bits per heavy atom. The van der Waals surface area contributed by atoms with Gasteiger partial charge in [0.1, 0.15) is 5.78 Å². The van der Waals surface area contributed by atoms with Gasteiger partial charge in [-0.25, -0.2) is 8.78 Å². The highest BCUT2D eigenvalue weighted by atomic mass is 79.9. The third-order valence-electron chi connectivity index (χ3n) is 3.24. The van der Waals surface area contributed by atoms with Crippen molar-refractivity contribution in [3.8, 4) is 0 Å². The zero-order chi connectivity index (χ0) is 13.9. The molecule has 5 heteroatoms. The van der Waals surface area contributed by atoms with Crippen LogP contribution in [-0.2, 0) is 4.79 Å². The van der Waals surface area contributed by atoms with Crippen LogP contribution in [0, 0.1) is 5.92 Å². The molecule has 0 radical (unpaired) electrons. The lowest BCUT2D eigenvalue weighted by Gasteiger charge is -2.09. The van der Waals surface area contributed by atoms with Gasteiger partial charge in [-0.3, -0.25) is 4.79 Å². The average Bonchev–Trinajstić information content (AvgIpc) is 2.68. The number of ketones is 1. The van der Waals surface area contributed by atoms with Crippen LogP contribution in [0.25, 0.3) is 0 Å². The lowest BCUT2D eigenvalue weighted by atomic mass is 10.0. The molecule has 0 spiro atoms. The molecular weight excluding hydrogens is 334 g/mol. The van der Waals surface area contributed by atoms with Crippen molar-refractivity contribution in [3.63, 3.8) is 0 Å². The van der Waals surface area contributed by atoms with Gasteiger partial charge < -0.3 is 0 Å². The van der Waals surface area contributed by atoms with E-state index in [4.69, 9.17) is 0 Å². The molecule has 104 valence electrons. The molecule has 1 aromatic rings. The zero-order valence-corrected chi connectivity index (χ0v) is 12.8. The van der Waals surface area contributed by atoms with Crippen LogP contribution < -0.4 is 0 Å². The van der Waals surface area contributed by atoms with E-state index >= 15 is 0 Å². The monoisotopic (exact) mass is 348 g/mol. The highest BCUT2D eigenvalue weighted by Gasteiger charge is 2.39. The number of halogens is 3. The van der Waals surface area contributed by atoms with Crippen LogP contribution in [0.4, 0.5) is 8.78 Å². The van der Waals surface area contributed by atoms with Crippen LogP contribution >= 0.6 is 27.7 Å². The van der Waals surface area contributed by atoms with E-state index < -0.39 is 5.92 Å². The van der Waals surface area contributed by atoms with E-state index in [2.05, 4.69) is 15.9 Å². The lowest BCUT2D eigenvalue weighted by Crippen LogP contribution is -2.12. The van der Waals surface area contributed by atoms with Crippen LogP contribution in [-0.4, -0.2) is 17.5 Å². The Hall–Kier alpha value is -0.420. The molecule has 0 heterocycles. The molecule has 1 atom stereocenters. The molecule has 1 fully saturated rings. The highest BCUT2D eigenvalue weighted by Crippen LogP contribution is 2.40. The van der Waals surface area contributed by atoms with Crippen LogP contribution in [0.15, 0.2) is 33.6 Å². The molecule has 0 aromatic heterocycles. The zero-order valence-electron chi connectivity index (χ0n) is 10.4. The van der Waals surface area contributed by atoms with Crippen molar-refractivity contribution >= 4 is 33.5 Å². The van der Waals surface area contributed by atoms with Gasteiger partial charge in [0.05, 0.1) is 5.75 Å². The normalized spacial score (nSPS) is 21.5. The number of rotatable bonds is 5. The number of alkyl halides is 2. The molecule has 2 rings (SSSR count). The topological polar surface area (TPSA) is 17.1 Å². The molecule has 0 N–H and O–H groups in total. The van der Waals surface area contributed by atoms with Crippen molar-refractivity contribution in [1.29, 1.82) is 0 Å². The van der Waals surface area contributed by atoms with Gasteiger partial charge in [0.15, 0.2) is 0 Å². The van der Waals surface area contributed by atoms with Crippen LogP contribution in [0.3, 0.4) is 0 Å². The number of hydrogen-bond donors (Lipinski definition) is 0. The molecule has 1 aromatic carbocycles. The van der Waals surface area contributed by atoms with Crippen LogP contribution in [0.5, 0.6) is 0 Å². The molecule has 1 aliphatic rings. The number of hydrogen-bond acceptors (Lipinski definition) is 2. The van der Waals surface area contributed by atoms with E-state index in [1.807, 2.05) is 24.3 Å². The van der Waals surface area contributed by atoms with Gasteiger partial charge in [-0.15, -0.1) is 11.8 Å². The van der Waals surface area contributed by atoms with Crippen molar-refractivity contribution in [2.45, 2.75) is 36.5 Å². The Kier molecular flexibility index (Phi) is 5.01. The van der Waals surface area contributed by atoms with E-state index in [0.717, 1.165) is 9.37 Å². The summed E-state index contributed by atoms with van der Waals surface area (Å²) in [7, 11) is 0. The number of Topliss-reactive ketones (excluding diaryl/α,β-unsaturated/α-hetero) is 1. The average molecular weight is 349 g/mol. The quantitative estimate of drug-likeness (QED) is 0.701. The molecule has 0 saturated heterocycles. The third-order valence-corrected chi connectivity index (χ3v) is 4.84. The van der Waals surface area contributed by atoms with Crippen molar-refractivity contribution in [3.05, 3.63) is 28.7 Å². The van der Waals surface area contributed by atoms with Gasteiger partial charge in [0, 0.05) is 28.6 Å². The van der Waals surface area contributed by atoms with E-state index in [1.54, 1.807) is 0 Å². The van der Waals surface area contributed by atoms with E-state index in [0.29, 0.717) is 18.6 Å². The summed E-state index contributed by atoms with van der Waals surface area (Å²) in [5.74, 6) is -2.25. The fraction of sp³-hybridized carbons (Fsp3) is 0.500. The fourth-order valence-electron chi connectivity index (χ4n) is 2.29. The lowest BCUT2D eigenvalue weighted by molar-refractivity contribution is -0.117. The smallest absolute Gasteiger partial charge is 0.248 e. The van der Waals surface area contributed by atoms with Gasteiger partial charge >= 0.3 is 0 Å². The molecule has 1 unspecified atom stereocenters. The van der Waals surface area contributed by atoms with Crippen LogP contribution in [0.1, 0.15) is 25.7 Å². The highest BCUT2D eigenvalue weighted by molar-refractivity contribution is 9.10. The summed E-state index contributed by atoms with van der Waals surface area (Å²) in [5.41, 5.74) is 0. The molecular formula is C14H15BrF2OS. The molecule has 19 heavy (non-hydrogen) atoms. The summed E-state index contributed by atoms with van der Waals surface area (Å²) in [6.07, 6.45) is 0.577. The number of carbonyl (C=O) groups is 1. The summed E-state index contributed by atoms with van der Waals surface area (Å²) >= 11 is 4.81. The second kappa shape index (κ2) is 6.35. The van der Waals surface area contributed by atoms with Gasteiger partial charge in [0.2, 0.25) is 5.92 Å². The first-order chi connectivity index (χ1) is 8.94. The summed E-state index contributed by atoms with van der Waals surface area (Å²) in [6.45, 7) is 0. The first kappa shape index (κ1) is 15.0. The molecule has 0 bridgehead atoms. The fourth-order valence-corrected chi connectivity index (χ4v) is 3.33. The Labute approximate surface area is 124 Å². The van der Waals surface area contributed by atoms with Crippen LogP contribution in [0.2, 0.25) is 0 Å². The maximum Gasteiger partial charge on any atom is 0.248 e. The Morgan fingerprint density at radius 2 is 2.05 bits per heavy atom. The number of benzene rings is 1. The Morgan fingerprint density at radius 3 is 2.63 bits per heavy atom. The Balaban J connectivity index is 1.74. The van der Waals surface area contributed by atoms with E-state index in [1.165, 1.54) is 11.8 Å². The predicted molar refractivity (Wildman–Crippen MR) is 76.8 cm³/mol. The number of carbonyl (C=O) groups excluding carboxylic acids is 1. The SMILES string of the molecule is O=C(CSc1ccc(Br)cc1)CC1CCC(F)(F)C1.